The second-order valence-corrected chi connectivity index (χ2v) is 7.39. The van der Waals surface area contributed by atoms with Crippen LogP contribution >= 0.6 is 11.3 Å². The zero-order valence-corrected chi connectivity index (χ0v) is 18.5. The highest BCUT2D eigenvalue weighted by Crippen LogP contribution is 2.38. The van der Waals surface area contributed by atoms with Gasteiger partial charge in [-0.2, -0.15) is 0 Å². The zero-order valence-electron chi connectivity index (χ0n) is 17.7. The van der Waals surface area contributed by atoms with Crippen LogP contribution in [0.5, 0.6) is 17.2 Å². The minimum atomic E-state index is -0.719. The maximum atomic E-state index is 12.2. The lowest BCUT2D eigenvalue weighted by Gasteiger charge is -2.13. The highest BCUT2D eigenvalue weighted by molar-refractivity contribution is 7.13. The van der Waals surface area contributed by atoms with Crippen LogP contribution in [-0.4, -0.2) is 42.7 Å². The lowest BCUT2D eigenvalue weighted by atomic mass is 9.96. The van der Waals surface area contributed by atoms with E-state index >= 15 is 0 Å². The quantitative estimate of drug-likeness (QED) is 0.393. The first-order valence-corrected chi connectivity index (χ1v) is 10.6. The summed E-state index contributed by atoms with van der Waals surface area (Å²) in [5.41, 5.74) is 2.43. The van der Waals surface area contributed by atoms with Crippen molar-refractivity contribution in [1.29, 1.82) is 0 Å². The van der Waals surface area contributed by atoms with Gasteiger partial charge < -0.3 is 19.3 Å². The van der Waals surface area contributed by atoms with Gasteiger partial charge in [0.1, 0.15) is 16.3 Å². The second kappa shape index (κ2) is 9.61. The molecule has 0 saturated heterocycles. The Balaban J connectivity index is 2.08. The summed E-state index contributed by atoms with van der Waals surface area (Å²) in [7, 11) is 1.22. The molecule has 3 rings (SSSR count). The summed E-state index contributed by atoms with van der Waals surface area (Å²) < 4.78 is 16.1. The molecule has 0 aliphatic carbocycles. The van der Waals surface area contributed by atoms with Crippen LogP contribution in [-0.2, 0) is 4.74 Å². The predicted molar refractivity (Wildman–Crippen MR) is 118 cm³/mol. The lowest BCUT2D eigenvalue weighted by molar-refractivity contribution is 0.0596. The average molecular weight is 442 g/mol. The number of nitrogens with zero attached hydrogens (tertiary/aromatic N) is 1. The molecule has 8 heteroatoms. The predicted octanol–water partition coefficient (Wildman–Crippen LogP) is 4.89. The van der Waals surface area contributed by atoms with E-state index in [0.29, 0.717) is 47.8 Å². The van der Waals surface area contributed by atoms with Crippen molar-refractivity contribution in [2.45, 2.75) is 20.8 Å². The van der Waals surface area contributed by atoms with Crippen molar-refractivity contribution in [3.8, 4) is 39.1 Å². The minimum Gasteiger partial charge on any atom is -0.506 e. The fraction of sp³-hybridized carbons (Fsp3) is 0.261. The van der Waals surface area contributed by atoms with Crippen molar-refractivity contribution >= 4 is 23.6 Å². The van der Waals surface area contributed by atoms with Crippen LogP contribution in [0.4, 0.5) is 0 Å². The number of hydrogen-bond donors (Lipinski definition) is 1. The fourth-order valence-corrected chi connectivity index (χ4v) is 4.03. The standard InChI is InChI=1S/C23H23NO6S/c1-5-29-18-8-7-14(10-19(18)30-6-2)22-24-17(12-31-22)16-9-15(11-25)21(26)20(13(16)3)23(27)28-4/h7-12,26H,5-6H2,1-4H3. The number of esters is 1. The average Bonchev–Trinajstić information content (AvgIpc) is 3.25. The Hall–Kier alpha value is -3.39. The maximum Gasteiger partial charge on any atom is 0.341 e. The molecule has 3 aromatic rings. The van der Waals surface area contributed by atoms with Crippen molar-refractivity contribution in [2.24, 2.45) is 0 Å². The molecule has 1 N–H and O–H groups in total. The van der Waals surface area contributed by atoms with Crippen molar-refractivity contribution in [3.05, 3.63) is 46.3 Å². The number of aromatic nitrogens is 1. The molecule has 2 aromatic carbocycles. The summed E-state index contributed by atoms with van der Waals surface area (Å²) in [6.07, 6.45) is 0.499. The molecule has 162 valence electrons. The van der Waals surface area contributed by atoms with Crippen LogP contribution in [0.25, 0.3) is 21.8 Å². The molecule has 7 nitrogen and oxygen atoms in total. The molecule has 0 spiro atoms. The van der Waals surface area contributed by atoms with Crippen LogP contribution < -0.4 is 9.47 Å². The third kappa shape index (κ3) is 4.39. The van der Waals surface area contributed by atoms with Crippen molar-refractivity contribution in [2.75, 3.05) is 20.3 Å². The van der Waals surface area contributed by atoms with Gasteiger partial charge in [0.05, 0.1) is 31.6 Å². The summed E-state index contributed by atoms with van der Waals surface area (Å²) in [6.45, 7) is 6.53. The molecule has 0 aliphatic rings. The zero-order chi connectivity index (χ0) is 22.5. The molecule has 0 aliphatic heterocycles. The van der Waals surface area contributed by atoms with E-state index in [0.717, 1.165) is 10.6 Å². The van der Waals surface area contributed by atoms with Crippen LogP contribution in [0, 0.1) is 6.92 Å². The lowest BCUT2D eigenvalue weighted by Crippen LogP contribution is -2.07. The monoisotopic (exact) mass is 441 g/mol. The van der Waals surface area contributed by atoms with Gasteiger partial charge in [0.2, 0.25) is 0 Å². The smallest absolute Gasteiger partial charge is 0.341 e. The number of carbonyl (C=O) groups excluding carboxylic acids is 2. The molecule has 0 radical (unpaired) electrons. The summed E-state index contributed by atoms with van der Waals surface area (Å²) in [5.74, 6) is 0.183. The van der Waals surface area contributed by atoms with Crippen LogP contribution in [0.3, 0.4) is 0 Å². The Morgan fingerprint density at radius 1 is 1.16 bits per heavy atom. The largest absolute Gasteiger partial charge is 0.506 e. The number of benzene rings is 2. The van der Waals surface area contributed by atoms with E-state index in [1.54, 1.807) is 6.92 Å². The third-order valence-electron chi connectivity index (χ3n) is 4.68. The molecule has 0 bridgehead atoms. The Morgan fingerprint density at radius 2 is 1.87 bits per heavy atom. The molecular formula is C23H23NO6S. The van der Waals surface area contributed by atoms with Crippen LogP contribution in [0.2, 0.25) is 0 Å². The van der Waals surface area contributed by atoms with Crippen molar-refractivity contribution < 1.29 is 28.9 Å². The Labute approximate surface area is 184 Å². The number of ether oxygens (including phenoxy) is 3. The molecule has 31 heavy (non-hydrogen) atoms. The number of hydrogen-bond acceptors (Lipinski definition) is 8. The molecule has 0 fully saturated rings. The van der Waals surface area contributed by atoms with Gasteiger partial charge in [-0.1, -0.05) is 0 Å². The van der Waals surface area contributed by atoms with Gasteiger partial charge >= 0.3 is 5.97 Å². The molecule has 0 atom stereocenters. The number of carbonyl (C=O) groups is 2. The SMILES string of the molecule is CCOc1ccc(-c2nc(-c3cc(C=O)c(O)c(C(=O)OC)c3C)cs2)cc1OCC. The summed E-state index contributed by atoms with van der Waals surface area (Å²) in [4.78, 5) is 28.3. The third-order valence-corrected chi connectivity index (χ3v) is 5.57. The minimum absolute atomic E-state index is 0.00440. The highest BCUT2D eigenvalue weighted by atomic mass is 32.1. The maximum absolute atomic E-state index is 12.2. The number of thiazole rings is 1. The Bertz CT molecular complexity index is 1120. The van der Waals surface area contributed by atoms with Gasteiger partial charge in [-0.05, 0) is 50.6 Å². The van der Waals surface area contributed by atoms with Gasteiger partial charge in [-0.15, -0.1) is 11.3 Å². The highest BCUT2D eigenvalue weighted by Gasteiger charge is 2.23. The first-order valence-electron chi connectivity index (χ1n) is 9.71. The number of aromatic hydroxyl groups is 1. The second-order valence-electron chi connectivity index (χ2n) is 6.54. The van der Waals surface area contributed by atoms with Crippen molar-refractivity contribution in [1.82, 2.24) is 4.98 Å². The van der Waals surface area contributed by atoms with E-state index in [2.05, 4.69) is 0 Å². The van der Waals surface area contributed by atoms with E-state index in [1.807, 2.05) is 37.4 Å². The molecule has 0 saturated carbocycles. The van der Waals surface area contributed by atoms with Gasteiger partial charge in [-0.25, -0.2) is 9.78 Å². The van der Waals surface area contributed by atoms with Gasteiger partial charge in [-0.3, -0.25) is 4.79 Å². The topological polar surface area (TPSA) is 95.0 Å². The first kappa shape index (κ1) is 22.3. The van der Waals surface area contributed by atoms with Crippen molar-refractivity contribution in [3.63, 3.8) is 0 Å². The normalized spacial score (nSPS) is 10.6. The van der Waals surface area contributed by atoms with Crippen LogP contribution in [0.1, 0.15) is 40.1 Å². The molecule has 0 unspecified atom stereocenters. The molecule has 1 heterocycles. The summed E-state index contributed by atoms with van der Waals surface area (Å²) >= 11 is 1.42. The number of aldehydes is 1. The molecule has 1 aromatic heterocycles. The number of phenolic OH excluding ortho intramolecular Hbond substituents is 1. The molecule has 0 amide bonds. The van der Waals surface area contributed by atoms with Gasteiger partial charge in [0, 0.05) is 16.5 Å². The summed E-state index contributed by atoms with van der Waals surface area (Å²) in [6, 6.07) is 7.14. The van der Waals surface area contributed by atoms with Gasteiger partial charge in [0.15, 0.2) is 17.8 Å². The van der Waals surface area contributed by atoms with Crippen LogP contribution in [0.15, 0.2) is 29.6 Å². The Morgan fingerprint density at radius 3 is 2.52 bits per heavy atom. The van der Waals surface area contributed by atoms with E-state index in [4.69, 9.17) is 19.2 Å². The van der Waals surface area contributed by atoms with E-state index in [-0.39, 0.29) is 11.1 Å². The number of methoxy groups -OCH3 is 1. The summed E-state index contributed by atoms with van der Waals surface area (Å²) in [5, 5.41) is 12.9. The van der Waals surface area contributed by atoms with E-state index in [1.165, 1.54) is 24.5 Å². The fourth-order valence-electron chi connectivity index (χ4n) is 3.21. The van der Waals surface area contributed by atoms with E-state index < -0.39 is 11.7 Å². The Kier molecular flexibility index (Phi) is 6.91. The number of phenols is 1. The first-order chi connectivity index (χ1) is 14.9. The molecular weight excluding hydrogens is 418 g/mol. The van der Waals surface area contributed by atoms with Gasteiger partial charge in [0.25, 0.3) is 0 Å². The number of rotatable bonds is 8. The van der Waals surface area contributed by atoms with E-state index in [9.17, 15) is 14.7 Å².